The third-order valence-electron chi connectivity index (χ3n) is 2.29. The van der Waals surface area contributed by atoms with Crippen LogP contribution in [-0.4, -0.2) is 31.2 Å². The van der Waals surface area contributed by atoms with Crippen LogP contribution >= 0.6 is 15.9 Å². The van der Waals surface area contributed by atoms with Crippen LogP contribution in [0.1, 0.15) is 6.92 Å². The maximum atomic E-state index is 7.91. The van der Waals surface area contributed by atoms with E-state index in [0.29, 0.717) is 16.1 Å². The van der Waals surface area contributed by atoms with Crippen LogP contribution in [0.2, 0.25) is 0 Å². The van der Waals surface area contributed by atoms with Crippen molar-refractivity contribution in [1.29, 1.82) is 5.41 Å². The molecule has 0 aliphatic rings. The summed E-state index contributed by atoms with van der Waals surface area (Å²) < 4.78 is 3.39. The van der Waals surface area contributed by atoms with E-state index in [-0.39, 0.29) is 5.84 Å². The van der Waals surface area contributed by atoms with Gasteiger partial charge in [0, 0.05) is 24.8 Å². The van der Waals surface area contributed by atoms with Crippen molar-refractivity contribution >= 4 is 33.4 Å². The summed E-state index contributed by atoms with van der Waals surface area (Å²) in [5, 5.41) is 15.9. The van der Waals surface area contributed by atoms with Crippen molar-refractivity contribution in [3.63, 3.8) is 0 Å². The first kappa shape index (κ1) is 13.2. The highest BCUT2D eigenvalue weighted by Crippen LogP contribution is 2.14. The molecule has 3 N–H and O–H groups in total. The van der Waals surface area contributed by atoms with Gasteiger partial charge in [0.05, 0.1) is 0 Å². The average Bonchev–Trinajstić information content (AvgIpc) is 3.08. The Morgan fingerprint density at radius 3 is 2.32 bits per heavy atom. The molecule has 0 bridgehead atoms. The Labute approximate surface area is 118 Å². The lowest BCUT2D eigenvalue weighted by Crippen LogP contribution is -2.14. The Kier molecular flexibility index (Phi) is 3.91. The van der Waals surface area contributed by atoms with E-state index in [4.69, 9.17) is 11.1 Å². The highest BCUT2D eigenvalue weighted by atomic mass is 79.9. The van der Waals surface area contributed by atoms with Gasteiger partial charge in [0.25, 0.3) is 0 Å². The first-order chi connectivity index (χ1) is 9.09. The zero-order valence-corrected chi connectivity index (χ0v) is 11.7. The standard InChI is InChI=1S/C11H12BrN7/c1-8(18-6-2-4-15-18)17-10(13)9(12)11(14)19-7-3-5-16-19/h2-7,13H,14H2,1H3. The van der Waals surface area contributed by atoms with E-state index in [0.717, 1.165) is 0 Å². The Balaban J connectivity index is 2.25. The van der Waals surface area contributed by atoms with Crippen LogP contribution in [0.4, 0.5) is 0 Å². The molecule has 7 nitrogen and oxygen atoms in total. The fourth-order valence-corrected chi connectivity index (χ4v) is 1.63. The van der Waals surface area contributed by atoms with Gasteiger partial charge >= 0.3 is 0 Å². The van der Waals surface area contributed by atoms with Crippen LogP contribution in [-0.2, 0) is 0 Å². The molecular formula is C11H12BrN7. The molecule has 0 aliphatic heterocycles. The highest BCUT2D eigenvalue weighted by Gasteiger charge is 2.09. The molecule has 19 heavy (non-hydrogen) atoms. The number of hydrogen-bond donors (Lipinski definition) is 2. The third-order valence-corrected chi connectivity index (χ3v) is 3.08. The van der Waals surface area contributed by atoms with Gasteiger partial charge in [-0.15, -0.1) is 0 Å². The zero-order valence-electron chi connectivity index (χ0n) is 10.2. The third kappa shape index (κ3) is 2.97. The largest absolute Gasteiger partial charge is 0.383 e. The van der Waals surface area contributed by atoms with Crippen molar-refractivity contribution in [2.45, 2.75) is 6.92 Å². The zero-order chi connectivity index (χ0) is 13.8. The highest BCUT2D eigenvalue weighted by molar-refractivity contribution is 9.12. The van der Waals surface area contributed by atoms with Gasteiger partial charge in [0.15, 0.2) is 5.84 Å². The van der Waals surface area contributed by atoms with E-state index >= 15 is 0 Å². The number of aliphatic imine (C=N–C) groups is 1. The molecule has 0 spiro atoms. The number of halogens is 1. The van der Waals surface area contributed by atoms with Gasteiger partial charge in [0.2, 0.25) is 0 Å². The van der Waals surface area contributed by atoms with Crippen molar-refractivity contribution in [2.24, 2.45) is 10.7 Å². The Morgan fingerprint density at radius 1 is 1.21 bits per heavy atom. The molecule has 0 saturated carbocycles. The molecule has 8 heteroatoms. The molecule has 0 amide bonds. The van der Waals surface area contributed by atoms with Gasteiger partial charge in [-0.2, -0.15) is 10.2 Å². The summed E-state index contributed by atoms with van der Waals surface area (Å²) >= 11 is 3.25. The molecule has 0 radical (unpaired) electrons. The summed E-state index contributed by atoms with van der Waals surface area (Å²) in [5.74, 6) is 0.869. The van der Waals surface area contributed by atoms with E-state index in [1.807, 2.05) is 0 Å². The molecule has 2 aromatic heterocycles. The maximum Gasteiger partial charge on any atom is 0.164 e. The Bertz CT molecular complexity index is 622. The van der Waals surface area contributed by atoms with Crippen LogP contribution < -0.4 is 5.73 Å². The molecule has 0 fully saturated rings. The summed E-state index contributed by atoms with van der Waals surface area (Å²) in [5.41, 5.74) is 5.88. The fraction of sp³-hybridized carbons (Fsp3) is 0.0909. The van der Waals surface area contributed by atoms with Crippen molar-refractivity contribution in [3.8, 4) is 0 Å². The fourth-order valence-electron chi connectivity index (χ4n) is 1.36. The molecule has 0 aromatic carbocycles. The summed E-state index contributed by atoms with van der Waals surface area (Å²) in [6, 6.07) is 3.53. The lowest BCUT2D eigenvalue weighted by atomic mass is 10.5. The number of aromatic nitrogens is 4. The van der Waals surface area contributed by atoms with Crippen LogP contribution in [0.25, 0.3) is 5.82 Å². The minimum absolute atomic E-state index is 0.000926. The van der Waals surface area contributed by atoms with E-state index < -0.39 is 0 Å². The van der Waals surface area contributed by atoms with E-state index in [9.17, 15) is 0 Å². The van der Waals surface area contributed by atoms with Gasteiger partial charge in [-0.1, -0.05) is 0 Å². The minimum Gasteiger partial charge on any atom is -0.383 e. The molecule has 2 aromatic rings. The van der Waals surface area contributed by atoms with Gasteiger partial charge in [0.1, 0.15) is 16.1 Å². The second kappa shape index (κ2) is 5.61. The monoisotopic (exact) mass is 321 g/mol. The summed E-state index contributed by atoms with van der Waals surface area (Å²) in [6.45, 7) is 1.76. The first-order valence-corrected chi connectivity index (χ1v) is 6.18. The predicted molar refractivity (Wildman–Crippen MR) is 77.0 cm³/mol. The quantitative estimate of drug-likeness (QED) is 0.647. The molecule has 0 aliphatic carbocycles. The number of amidine groups is 1. The SMILES string of the molecule is CC(=NC(=N)C(Br)=C(N)n1cccn1)n1cccn1. The predicted octanol–water partition coefficient (Wildman–Crippen LogP) is 1.50. The topological polar surface area (TPSA) is 97.9 Å². The van der Waals surface area contributed by atoms with Gasteiger partial charge in [-0.3, -0.25) is 5.41 Å². The Hall–Kier alpha value is -2.22. The molecular weight excluding hydrogens is 310 g/mol. The van der Waals surface area contributed by atoms with Crippen molar-refractivity contribution in [1.82, 2.24) is 19.6 Å². The van der Waals surface area contributed by atoms with Crippen molar-refractivity contribution in [2.75, 3.05) is 0 Å². The molecule has 0 saturated heterocycles. The summed E-state index contributed by atoms with van der Waals surface area (Å²) in [7, 11) is 0. The van der Waals surface area contributed by atoms with E-state index in [2.05, 4.69) is 31.1 Å². The number of nitrogens with two attached hydrogens (primary N) is 1. The molecule has 98 valence electrons. The van der Waals surface area contributed by atoms with Crippen LogP contribution in [0, 0.1) is 5.41 Å². The number of nitrogens with zero attached hydrogens (tertiary/aromatic N) is 5. The first-order valence-electron chi connectivity index (χ1n) is 5.39. The lowest BCUT2D eigenvalue weighted by Gasteiger charge is -2.06. The van der Waals surface area contributed by atoms with E-state index in [1.54, 1.807) is 48.5 Å². The summed E-state index contributed by atoms with van der Waals surface area (Å²) in [4.78, 5) is 4.12. The number of hydrogen-bond acceptors (Lipinski definition) is 4. The van der Waals surface area contributed by atoms with Gasteiger partial charge in [-0.05, 0) is 35.0 Å². The molecule has 0 unspecified atom stereocenters. The average molecular weight is 322 g/mol. The van der Waals surface area contributed by atoms with E-state index in [1.165, 1.54) is 4.68 Å². The summed E-state index contributed by atoms with van der Waals surface area (Å²) in [6.07, 6.45) is 6.69. The number of rotatable bonds is 2. The number of nitrogens with one attached hydrogen (secondary N) is 1. The second-order valence-corrected chi connectivity index (χ2v) is 4.40. The second-order valence-electron chi connectivity index (χ2n) is 3.61. The lowest BCUT2D eigenvalue weighted by molar-refractivity contribution is 0.886. The molecule has 2 heterocycles. The van der Waals surface area contributed by atoms with Crippen LogP contribution in [0.15, 0.2) is 46.4 Å². The minimum atomic E-state index is 0.000926. The molecule has 2 rings (SSSR count). The normalized spacial score (nSPS) is 13.3. The Morgan fingerprint density at radius 2 is 1.79 bits per heavy atom. The van der Waals surface area contributed by atoms with Crippen molar-refractivity contribution in [3.05, 3.63) is 41.4 Å². The smallest absolute Gasteiger partial charge is 0.164 e. The maximum absolute atomic E-state index is 7.91. The molecule has 0 atom stereocenters. The van der Waals surface area contributed by atoms with Crippen molar-refractivity contribution < 1.29 is 0 Å². The van der Waals surface area contributed by atoms with Gasteiger partial charge in [-0.25, -0.2) is 14.4 Å². The van der Waals surface area contributed by atoms with Crippen LogP contribution in [0.3, 0.4) is 0 Å². The van der Waals surface area contributed by atoms with Crippen LogP contribution in [0.5, 0.6) is 0 Å². The van der Waals surface area contributed by atoms with Gasteiger partial charge < -0.3 is 5.73 Å².